The fraction of sp³-hybridized carbons (Fsp3) is 0.400. The lowest BCUT2D eigenvalue weighted by Gasteiger charge is -1.96. The van der Waals surface area contributed by atoms with Gasteiger partial charge in [0.1, 0.15) is 6.26 Å². The molecule has 0 aromatic carbocycles. The van der Waals surface area contributed by atoms with Gasteiger partial charge in [0.25, 0.3) is 0 Å². The van der Waals surface area contributed by atoms with Crippen molar-refractivity contribution in [1.29, 1.82) is 0 Å². The first kappa shape index (κ1) is 7.81. The zero-order valence-corrected chi connectivity index (χ0v) is 5.25. The predicted octanol–water partition coefficient (Wildman–Crippen LogP) is 0.205. The second-order valence-corrected chi connectivity index (χ2v) is 1.23. The summed E-state index contributed by atoms with van der Waals surface area (Å²) < 4.78 is 8.78. The molecule has 0 spiro atoms. The first-order chi connectivity index (χ1) is 4.22. The number of rotatable bonds is 3. The van der Waals surface area contributed by atoms with Crippen molar-refractivity contribution in [3.63, 3.8) is 0 Å². The van der Waals surface area contributed by atoms with Crippen molar-refractivity contribution in [1.82, 2.24) is 0 Å². The summed E-state index contributed by atoms with van der Waals surface area (Å²) in [5, 5.41) is 8.23. The molecule has 4 heteroatoms. The van der Waals surface area contributed by atoms with Crippen molar-refractivity contribution in [2.75, 3.05) is 14.2 Å². The lowest BCUT2D eigenvalue weighted by Crippen LogP contribution is -2.02. The summed E-state index contributed by atoms with van der Waals surface area (Å²) in [5.74, 6) is -1.35. The van der Waals surface area contributed by atoms with Crippen molar-refractivity contribution in [2.24, 2.45) is 0 Å². The average Bonchev–Trinajstić information content (AvgIpc) is 1.82. The molecule has 0 aromatic rings. The molecule has 1 N–H and O–H groups in total. The summed E-state index contributed by atoms with van der Waals surface area (Å²) in [5.41, 5.74) is 0. The van der Waals surface area contributed by atoms with Crippen LogP contribution >= 0.6 is 0 Å². The monoisotopic (exact) mass is 132 g/mol. The molecule has 0 atom stereocenters. The van der Waals surface area contributed by atoms with Gasteiger partial charge in [0.05, 0.1) is 14.2 Å². The van der Waals surface area contributed by atoms with Gasteiger partial charge in [0.15, 0.2) is 0 Å². The topological polar surface area (TPSA) is 55.8 Å². The highest BCUT2D eigenvalue weighted by Crippen LogP contribution is 1.93. The average molecular weight is 132 g/mol. The van der Waals surface area contributed by atoms with E-state index in [1.54, 1.807) is 0 Å². The summed E-state index contributed by atoms with van der Waals surface area (Å²) in [6.07, 6.45) is 1.02. The zero-order valence-electron chi connectivity index (χ0n) is 5.25. The number of methoxy groups -OCH3 is 2. The van der Waals surface area contributed by atoms with Gasteiger partial charge in [0, 0.05) is 0 Å². The third-order valence-electron chi connectivity index (χ3n) is 0.656. The molecule has 0 amide bonds. The number of hydrogen-bond acceptors (Lipinski definition) is 3. The fourth-order valence-electron chi connectivity index (χ4n) is 0.293. The van der Waals surface area contributed by atoms with E-state index in [4.69, 9.17) is 5.11 Å². The van der Waals surface area contributed by atoms with Crippen molar-refractivity contribution >= 4 is 5.97 Å². The highest BCUT2D eigenvalue weighted by Gasteiger charge is 2.04. The minimum absolute atomic E-state index is 0.211. The molecule has 0 bridgehead atoms. The molecular weight excluding hydrogens is 124 g/mol. The lowest BCUT2D eigenvalue weighted by atomic mass is 10.6. The Kier molecular flexibility index (Phi) is 3.27. The van der Waals surface area contributed by atoms with Crippen molar-refractivity contribution in [3.8, 4) is 0 Å². The van der Waals surface area contributed by atoms with Crippen LogP contribution in [0.3, 0.4) is 0 Å². The minimum Gasteiger partial charge on any atom is -0.500 e. The molecule has 0 heterocycles. The molecule has 0 radical (unpaired) electrons. The summed E-state index contributed by atoms with van der Waals surface area (Å²) in [6.45, 7) is 0. The van der Waals surface area contributed by atoms with Crippen LogP contribution in [0, 0.1) is 0 Å². The Labute approximate surface area is 52.7 Å². The summed E-state index contributed by atoms with van der Waals surface area (Å²) in [7, 11) is 2.61. The number of carboxylic acids is 1. The molecule has 52 valence electrons. The van der Waals surface area contributed by atoms with Gasteiger partial charge < -0.3 is 14.6 Å². The molecule has 0 fully saturated rings. The third-order valence-corrected chi connectivity index (χ3v) is 0.656. The van der Waals surface area contributed by atoms with Crippen LogP contribution in [-0.2, 0) is 14.3 Å². The van der Waals surface area contributed by atoms with E-state index in [9.17, 15) is 4.79 Å². The molecule has 0 saturated carbocycles. The predicted molar refractivity (Wildman–Crippen MR) is 29.7 cm³/mol. The fourth-order valence-corrected chi connectivity index (χ4v) is 0.293. The lowest BCUT2D eigenvalue weighted by molar-refractivity contribution is -0.136. The van der Waals surface area contributed by atoms with E-state index in [-0.39, 0.29) is 5.76 Å². The van der Waals surface area contributed by atoms with Crippen molar-refractivity contribution in [2.45, 2.75) is 0 Å². The van der Waals surface area contributed by atoms with Crippen LogP contribution in [0.25, 0.3) is 0 Å². The van der Waals surface area contributed by atoms with Gasteiger partial charge >= 0.3 is 5.97 Å². The first-order valence-corrected chi connectivity index (χ1v) is 2.22. The van der Waals surface area contributed by atoms with E-state index in [1.807, 2.05) is 0 Å². The number of aliphatic carboxylic acids is 1. The molecule has 0 aliphatic heterocycles. The Bertz CT molecular complexity index is 127. The summed E-state index contributed by atoms with van der Waals surface area (Å²) in [4.78, 5) is 10.0. The molecule has 0 aromatic heterocycles. The smallest absolute Gasteiger partial charge is 0.374 e. The minimum atomic E-state index is -1.14. The number of carboxylic acid groups (broad SMARTS) is 1. The highest BCUT2D eigenvalue weighted by atomic mass is 16.5. The van der Waals surface area contributed by atoms with Gasteiger partial charge in [-0.1, -0.05) is 0 Å². The molecular formula is C5H8O4. The van der Waals surface area contributed by atoms with Crippen LogP contribution in [0.1, 0.15) is 0 Å². The van der Waals surface area contributed by atoms with Crippen LogP contribution in [0.2, 0.25) is 0 Å². The standard InChI is InChI=1S/C5H8O4/c1-8-3-4(9-2)5(6)7/h3H,1-2H3,(H,6,7)/b4-3+. The third kappa shape index (κ3) is 2.58. The highest BCUT2D eigenvalue weighted by molar-refractivity contribution is 5.83. The Morgan fingerprint density at radius 1 is 1.56 bits per heavy atom. The molecule has 0 aliphatic carbocycles. The largest absolute Gasteiger partial charge is 0.500 e. The van der Waals surface area contributed by atoms with E-state index in [2.05, 4.69) is 9.47 Å². The van der Waals surface area contributed by atoms with Gasteiger partial charge in [-0.25, -0.2) is 4.79 Å². The van der Waals surface area contributed by atoms with E-state index >= 15 is 0 Å². The maximum absolute atomic E-state index is 10.0. The zero-order chi connectivity index (χ0) is 7.28. The number of hydrogen-bond donors (Lipinski definition) is 1. The Morgan fingerprint density at radius 2 is 2.11 bits per heavy atom. The van der Waals surface area contributed by atoms with Crippen LogP contribution < -0.4 is 0 Å². The van der Waals surface area contributed by atoms with Crippen molar-refractivity contribution in [3.05, 3.63) is 12.0 Å². The van der Waals surface area contributed by atoms with Gasteiger partial charge in [-0.05, 0) is 0 Å². The van der Waals surface area contributed by atoms with Crippen molar-refractivity contribution < 1.29 is 19.4 Å². The van der Waals surface area contributed by atoms with Gasteiger partial charge in [0.2, 0.25) is 5.76 Å². The van der Waals surface area contributed by atoms with E-state index in [0.717, 1.165) is 6.26 Å². The Morgan fingerprint density at radius 3 is 2.22 bits per heavy atom. The molecule has 4 nitrogen and oxygen atoms in total. The first-order valence-electron chi connectivity index (χ1n) is 2.22. The van der Waals surface area contributed by atoms with E-state index in [0.29, 0.717) is 0 Å². The van der Waals surface area contributed by atoms with Gasteiger partial charge in [-0.2, -0.15) is 0 Å². The SMILES string of the molecule is CO/C=C(/OC)C(=O)O. The van der Waals surface area contributed by atoms with Gasteiger partial charge in [-0.15, -0.1) is 0 Å². The van der Waals surface area contributed by atoms with E-state index < -0.39 is 5.97 Å². The van der Waals surface area contributed by atoms with Crippen LogP contribution in [0.5, 0.6) is 0 Å². The van der Waals surface area contributed by atoms with Gasteiger partial charge in [-0.3, -0.25) is 0 Å². The molecule has 0 unspecified atom stereocenters. The normalized spacial score (nSPS) is 10.7. The summed E-state index contributed by atoms with van der Waals surface area (Å²) in [6, 6.07) is 0. The van der Waals surface area contributed by atoms with Crippen LogP contribution in [0.4, 0.5) is 0 Å². The molecule has 9 heavy (non-hydrogen) atoms. The Balaban J connectivity index is 3.98. The summed E-state index contributed by atoms with van der Waals surface area (Å²) >= 11 is 0. The Hall–Kier alpha value is -1.19. The maximum Gasteiger partial charge on any atom is 0.374 e. The second kappa shape index (κ2) is 3.77. The maximum atomic E-state index is 10.0. The van der Waals surface area contributed by atoms with Crippen LogP contribution in [-0.4, -0.2) is 25.3 Å². The quantitative estimate of drug-likeness (QED) is 0.440. The number of carbonyl (C=O) groups is 1. The second-order valence-electron chi connectivity index (χ2n) is 1.23. The molecule has 0 saturated heterocycles. The number of ether oxygens (including phenoxy) is 2. The van der Waals surface area contributed by atoms with E-state index in [1.165, 1.54) is 14.2 Å². The molecule has 0 aliphatic rings. The van der Waals surface area contributed by atoms with Crippen LogP contribution in [0.15, 0.2) is 12.0 Å². The molecule has 0 rings (SSSR count).